The molecule has 0 heterocycles. The van der Waals surface area contributed by atoms with Crippen molar-refractivity contribution in [3.8, 4) is 6.07 Å². The highest BCUT2D eigenvalue weighted by Crippen LogP contribution is 2.23. The van der Waals surface area contributed by atoms with Crippen LogP contribution in [0.1, 0.15) is 45.4 Å². The van der Waals surface area contributed by atoms with Gasteiger partial charge in [-0.3, -0.25) is 0 Å². The minimum absolute atomic E-state index is 0.344. The summed E-state index contributed by atoms with van der Waals surface area (Å²) in [7, 11) is -3.43. The summed E-state index contributed by atoms with van der Waals surface area (Å²) in [5, 5.41) is 7.82. The molecule has 0 aliphatic heterocycles. The molecule has 0 saturated heterocycles. The molecule has 1 atom stereocenters. The van der Waals surface area contributed by atoms with Gasteiger partial charge in [-0.25, -0.2) is 13.1 Å². The van der Waals surface area contributed by atoms with Crippen LogP contribution in [0.5, 0.6) is 0 Å². The van der Waals surface area contributed by atoms with E-state index >= 15 is 0 Å². The van der Waals surface area contributed by atoms with E-state index in [1.54, 1.807) is 6.92 Å². The molecule has 1 rings (SSSR count). The normalized spacial score (nSPS) is 20.2. The zero-order valence-electron chi connectivity index (χ0n) is 9.78. The Kier molecular flexibility index (Phi) is 5.23. The van der Waals surface area contributed by atoms with Crippen LogP contribution in [0.15, 0.2) is 0 Å². The van der Waals surface area contributed by atoms with Crippen LogP contribution in [0.2, 0.25) is 0 Å². The van der Waals surface area contributed by atoms with Gasteiger partial charge in [0.2, 0.25) is 10.0 Å². The molecule has 16 heavy (non-hydrogen) atoms. The quantitative estimate of drug-likeness (QED) is 0.801. The lowest BCUT2D eigenvalue weighted by Crippen LogP contribution is -2.36. The second kappa shape index (κ2) is 6.21. The van der Waals surface area contributed by atoms with Gasteiger partial charge in [0.15, 0.2) is 5.25 Å². The molecule has 0 radical (unpaired) electrons. The maximum atomic E-state index is 11.7. The smallest absolute Gasteiger partial charge is 0.214 e. The van der Waals surface area contributed by atoms with E-state index in [1.165, 1.54) is 19.3 Å². The molecule has 4 nitrogen and oxygen atoms in total. The molecule has 0 amide bonds. The Morgan fingerprint density at radius 1 is 1.38 bits per heavy atom. The first-order chi connectivity index (χ1) is 7.60. The van der Waals surface area contributed by atoms with E-state index < -0.39 is 15.3 Å². The lowest BCUT2D eigenvalue weighted by molar-refractivity contribution is 0.357. The van der Waals surface area contributed by atoms with Gasteiger partial charge in [0, 0.05) is 6.54 Å². The highest BCUT2D eigenvalue weighted by atomic mass is 32.2. The van der Waals surface area contributed by atoms with Crippen molar-refractivity contribution in [3.63, 3.8) is 0 Å². The van der Waals surface area contributed by atoms with Gasteiger partial charge in [0.25, 0.3) is 0 Å². The Morgan fingerprint density at radius 3 is 2.50 bits per heavy atom. The second-order valence-corrected chi connectivity index (χ2v) is 6.37. The van der Waals surface area contributed by atoms with Gasteiger partial charge in [-0.15, -0.1) is 0 Å². The highest BCUT2D eigenvalue weighted by molar-refractivity contribution is 7.90. The fourth-order valence-electron chi connectivity index (χ4n) is 2.11. The third kappa shape index (κ3) is 3.76. The van der Waals surface area contributed by atoms with Crippen molar-refractivity contribution in [2.75, 3.05) is 6.54 Å². The molecule has 1 N–H and O–H groups in total. The number of rotatable bonds is 5. The first-order valence-electron chi connectivity index (χ1n) is 5.98. The van der Waals surface area contributed by atoms with Crippen LogP contribution in [-0.4, -0.2) is 20.2 Å². The molecule has 0 aromatic rings. The van der Waals surface area contributed by atoms with Crippen LogP contribution in [0.3, 0.4) is 0 Å². The average Bonchev–Trinajstić information content (AvgIpc) is 2.29. The van der Waals surface area contributed by atoms with E-state index in [2.05, 4.69) is 4.72 Å². The van der Waals surface area contributed by atoms with Crippen LogP contribution >= 0.6 is 0 Å². The summed E-state index contributed by atoms with van der Waals surface area (Å²) in [5.41, 5.74) is 0. The minimum Gasteiger partial charge on any atom is -0.214 e. The van der Waals surface area contributed by atoms with E-state index in [1.807, 2.05) is 6.07 Å². The summed E-state index contributed by atoms with van der Waals surface area (Å²) in [5.74, 6) is 0.458. The van der Waals surface area contributed by atoms with Gasteiger partial charge in [-0.2, -0.15) is 5.26 Å². The standard InChI is InChI=1S/C11H20N2O2S/c1-2-11(8-12)16(14,15)13-9-10-6-4-3-5-7-10/h10-11,13H,2-7,9H2,1H3. The van der Waals surface area contributed by atoms with Crippen molar-refractivity contribution in [3.05, 3.63) is 0 Å². The largest absolute Gasteiger partial charge is 0.227 e. The third-order valence-corrected chi connectivity index (χ3v) is 4.94. The van der Waals surface area contributed by atoms with Crippen LogP contribution in [0.4, 0.5) is 0 Å². The molecule has 5 heteroatoms. The van der Waals surface area contributed by atoms with Crippen molar-refractivity contribution < 1.29 is 8.42 Å². The SMILES string of the molecule is CCC(C#N)S(=O)(=O)NCC1CCCCC1. The van der Waals surface area contributed by atoms with Crippen LogP contribution < -0.4 is 4.72 Å². The zero-order valence-corrected chi connectivity index (χ0v) is 10.6. The van der Waals surface area contributed by atoms with Crippen LogP contribution in [0.25, 0.3) is 0 Å². The maximum Gasteiger partial charge on any atom is 0.227 e. The first kappa shape index (κ1) is 13.5. The van der Waals surface area contributed by atoms with Crippen LogP contribution in [0, 0.1) is 17.2 Å². The summed E-state index contributed by atoms with van der Waals surface area (Å²) in [6.45, 7) is 2.22. The van der Waals surface area contributed by atoms with Gasteiger partial charge >= 0.3 is 0 Å². The first-order valence-corrected chi connectivity index (χ1v) is 7.53. The number of hydrogen-bond donors (Lipinski definition) is 1. The molecule has 0 aromatic carbocycles. The Hall–Kier alpha value is -0.600. The number of hydrogen-bond acceptors (Lipinski definition) is 3. The lowest BCUT2D eigenvalue weighted by Gasteiger charge is -2.22. The number of nitriles is 1. The minimum atomic E-state index is -3.43. The molecule has 0 spiro atoms. The summed E-state index contributed by atoms with van der Waals surface area (Å²) < 4.78 is 26.0. The molecule has 1 aliphatic carbocycles. The van der Waals surface area contributed by atoms with Crippen molar-refractivity contribution >= 4 is 10.0 Å². The molecule has 0 bridgehead atoms. The molecule has 1 saturated carbocycles. The van der Waals surface area contributed by atoms with Gasteiger partial charge in [0.05, 0.1) is 6.07 Å². The topological polar surface area (TPSA) is 70.0 Å². The molecule has 1 aliphatic rings. The molecular weight excluding hydrogens is 224 g/mol. The van der Waals surface area contributed by atoms with E-state index in [-0.39, 0.29) is 0 Å². The van der Waals surface area contributed by atoms with E-state index in [0.29, 0.717) is 18.9 Å². The van der Waals surface area contributed by atoms with E-state index in [0.717, 1.165) is 12.8 Å². The fourth-order valence-corrected chi connectivity index (χ4v) is 3.35. The summed E-state index contributed by atoms with van der Waals surface area (Å²) in [4.78, 5) is 0. The zero-order chi connectivity index (χ0) is 12.0. The average molecular weight is 244 g/mol. The molecule has 92 valence electrons. The Morgan fingerprint density at radius 2 is 2.00 bits per heavy atom. The van der Waals surface area contributed by atoms with Crippen LogP contribution in [-0.2, 0) is 10.0 Å². The highest BCUT2D eigenvalue weighted by Gasteiger charge is 2.24. The third-order valence-electron chi connectivity index (χ3n) is 3.19. The van der Waals surface area contributed by atoms with E-state index in [4.69, 9.17) is 5.26 Å². The van der Waals surface area contributed by atoms with Crippen molar-refractivity contribution in [1.82, 2.24) is 4.72 Å². The molecule has 1 unspecified atom stereocenters. The van der Waals surface area contributed by atoms with Gasteiger partial charge in [-0.05, 0) is 25.2 Å². The summed E-state index contributed by atoms with van der Waals surface area (Å²) >= 11 is 0. The van der Waals surface area contributed by atoms with Gasteiger partial charge in [-0.1, -0.05) is 26.2 Å². The summed E-state index contributed by atoms with van der Waals surface area (Å²) in [6, 6.07) is 1.83. The number of nitrogens with one attached hydrogen (secondary N) is 1. The fraction of sp³-hybridized carbons (Fsp3) is 0.909. The Labute approximate surface area is 98.1 Å². The summed E-state index contributed by atoms with van der Waals surface area (Å²) in [6.07, 6.45) is 6.21. The Balaban J connectivity index is 2.44. The number of nitrogens with zero attached hydrogens (tertiary/aromatic N) is 1. The van der Waals surface area contributed by atoms with Crippen molar-refractivity contribution in [1.29, 1.82) is 5.26 Å². The van der Waals surface area contributed by atoms with E-state index in [9.17, 15) is 8.42 Å². The molecule has 1 fully saturated rings. The maximum absolute atomic E-state index is 11.7. The van der Waals surface area contributed by atoms with Gasteiger partial charge < -0.3 is 0 Å². The van der Waals surface area contributed by atoms with Crippen molar-refractivity contribution in [2.24, 2.45) is 5.92 Å². The monoisotopic (exact) mass is 244 g/mol. The predicted molar refractivity (Wildman–Crippen MR) is 63.2 cm³/mol. The Bertz CT molecular complexity index is 339. The molecular formula is C11H20N2O2S. The number of sulfonamides is 1. The van der Waals surface area contributed by atoms with Gasteiger partial charge in [0.1, 0.15) is 0 Å². The predicted octanol–water partition coefficient (Wildman–Crippen LogP) is 1.79. The lowest BCUT2D eigenvalue weighted by atomic mass is 9.90. The second-order valence-electron chi connectivity index (χ2n) is 4.42. The molecule has 0 aromatic heterocycles. The van der Waals surface area contributed by atoms with Crippen molar-refractivity contribution in [2.45, 2.75) is 50.7 Å².